The fourth-order valence-corrected chi connectivity index (χ4v) is 3.21. The van der Waals surface area contributed by atoms with Gasteiger partial charge in [-0.2, -0.15) is 0 Å². The number of hydrogen-bond acceptors (Lipinski definition) is 3. The van der Waals surface area contributed by atoms with Crippen LogP contribution in [0.2, 0.25) is 0 Å². The molecule has 5 nitrogen and oxygen atoms in total. The highest BCUT2D eigenvalue weighted by Gasteiger charge is 2.42. The lowest BCUT2D eigenvalue weighted by molar-refractivity contribution is -0.147. The largest absolute Gasteiger partial charge is 0.496 e. The van der Waals surface area contributed by atoms with Crippen molar-refractivity contribution in [3.05, 3.63) is 28.8 Å². The van der Waals surface area contributed by atoms with Crippen LogP contribution < -0.4 is 10.1 Å². The summed E-state index contributed by atoms with van der Waals surface area (Å²) in [5.41, 5.74) is 1.76. The monoisotopic (exact) mass is 305 g/mol. The molecule has 0 saturated heterocycles. The van der Waals surface area contributed by atoms with Gasteiger partial charge in [-0.3, -0.25) is 4.79 Å². The normalized spacial score (nSPS) is 16.3. The van der Waals surface area contributed by atoms with Crippen LogP contribution in [0.25, 0.3) is 0 Å². The third-order valence-electron chi connectivity index (χ3n) is 4.38. The van der Waals surface area contributed by atoms with E-state index in [1.807, 2.05) is 26.0 Å². The highest BCUT2D eigenvalue weighted by molar-refractivity contribution is 5.88. The molecule has 0 spiro atoms. The van der Waals surface area contributed by atoms with Crippen molar-refractivity contribution in [1.82, 2.24) is 5.32 Å². The molecule has 0 aliphatic heterocycles. The van der Waals surface area contributed by atoms with Gasteiger partial charge in [-0.05, 0) is 43.9 Å². The zero-order valence-corrected chi connectivity index (χ0v) is 13.4. The summed E-state index contributed by atoms with van der Waals surface area (Å²) in [5.74, 6) is -0.538. The van der Waals surface area contributed by atoms with E-state index in [0.29, 0.717) is 18.6 Å². The fourth-order valence-electron chi connectivity index (χ4n) is 3.21. The highest BCUT2D eigenvalue weighted by Crippen LogP contribution is 2.30. The average Bonchev–Trinajstić information content (AvgIpc) is 2.91. The summed E-state index contributed by atoms with van der Waals surface area (Å²) in [6.45, 7) is 3.90. The lowest BCUT2D eigenvalue weighted by atomic mass is 9.96. The number of carboxylic acid groups (broad SMARTS) is 1. The van der Waals surface area contributed by atoms with E-state index < -0.39 is 11.5 Å². The molecule has 1 amide bonds. The lowest BCUT2D eigenvalue weighted by Gasteiger charge is -2.25. The van der Waals surface area contributed by atoms with Crippen molar-refractivity contribution in [3.8, 4) is 5.75 Å². The van der Waals surface area contributed by atoms with Gasteiger partial charge in [0.05, 0.1) is 13.5 Å². The molecule has 0 aromatic heterocycles. The molecule has 1 aliphatic carbocycles. The summed E-state index contributed by atoms with van der Waals surface area (Å²) in [7, 11) is 1.57. The lowest BCUT2D eigenvalue weighted by Crippen LogP contribution is -2.53. The van der Waals surface area contributed by atoms with Crippen LogP contribution in [0, 0.1) is 13.8 Å². The maximum absolute atomic E-state index is 12.4. The summed E-state index contributed by atoms with van der Waals surface area (Å²) in [5, 5.41) is 12.2. The minimum absolute atomic E-state index is 0.129. The molecule has 1 aliphatic rings. The molecule has 0 unspecified atom stereocenters. The van der Waals surface area contributed by atoms with E-state index in [1.165, 1.54) is 0 Å². The molecule has 1 fully saturated rings. The first kappa shape index (κ1) is 16.3. The number of rotatable bonds is 5. The maximum Gasteiger partial charge on any atom is 0.329 e. The van der Waals surface area contributed by atoms with Gasteiger partial charge in [-0.15, -0.1) is 0 Å². The Morgan fingerprint density at radius 3 is 2.45 bits per heavy atom. The van der Waals surface area contributed by atoms with Crippen LogP contribution in [0.4, 0.5) is 0 Å². The first-order valence-corrected chi connectivity index (χ1v) is 7.56. The second-order valence-electron chi connectivity index (χ2n) is 6.08. The van der Waals surface area contributed by atoms with Gasteiger partial charge in [0.1, 0.15) is 11.3 Å². The number of carbonyl (C=O) groups excluding carboxylic acids is 1. The Morgan fingerprint density at radius 1 is 1.27 bits per heavy atom. The summed E-state index contributed by atoms with van der Waals surface area (Å²) in [6, 6.07) is 3.88. The standard InChI is InChI=1S/C17H23NO4/c1-11-8-12(2)13(14(9-11)22-3)10-15(19)18-17(16(20)21)6-4-5-7-17/h8-9H,4-7,10H2,1-3H3,(H,18,19)(H,20,21). The number of aliphatic carboxylic acids is 1. The molecule has 5 heteroatoms. The molecule has 22 heavy (non-hydrogen) atoms. The number of ether oxygens (including phenoxy) is 1. The molecule has 1 aromatic rings. The van der Waals surface area contributed by atoms with Gasteiger partial charge in [0.2, 0.25) is 5.91 Å². The van der Waals surface area contributed by atoms with Crippen molar-refractivity contribution < 1.29 is 19.4 Å². The smallest absolute Gasteiger partial charge is 0.329 e. The van der Waals surface area contributed by atoms with E-state index in [1.54, 1.807) is 7.11 Å². The van der Waals surface area contributed by atoms with E-state index in [2.05, 4.69) is 5.32 Å². The quantitative estimate of drug-likeness (QED) is 0.875. The summed E-state index contributed by atoms with van der Waals surface area (Å²) in [4.78, 5) is 23.9. The molecule has 0 heterocycles. The summed E-state index contributed by atoms with van der Waals surface area (Å²) >= 11 is 0. The molecular weight excluding hydrogens is 282 g/mol. The Balaban J connectivity index is 2.17. The maximum atomic E-state index is 12.4. The van der Waals surface area contributed by atoms with E-state index in [-0.39, 0.29) is 12.3 Å². The fraction of sp³-hybridized carbons (Fsp3) is 0.529. The highest BCUT2D eigenvalue weighted by atomic mass is 16.5. The Hall–Kier alpha value is -2.04. The van der Waals surface area contributed by atoms with Crippen LogP contribution in [-0.4, -0.2) is 29.6 Å². The number of methoxy groups -OCH3 is 1. The number of aryl methyl sites for hydroxylation is 2. The van der Waals surface area contributed by atoms with Crippen LogP contribution in [0.3, 0.4) is 0 Å². The summed E-state index contributed by atoms with van der Waals surface area (Å²) < 4.78 is 5.35. The number of hydrogen-bond donors (Lipinski definition) is 2. The second kappa shape index (κ2) is 6.38. The van der Waals surface area contributed by atoms with Crippen molar-refractivity contribution in [3.63, 3.8) is 0 Å². The van der Waals surface area contributed by atoms with Crippen LogP contribution in [0.5, 0.6) is 5.75 Å². The van der Waals surface area contributed by atoms with Crippen molar-refractivity contribution >= 4 is 11.9 Å². The minimum Gasteiger partial charge on any atom is -0.496 e. The molecule has 1 saturated carbocycles. The number of benzene rings is 1. The van der Waals surface area contributed by atoms with Crippen LogP contribution in [0.1, 0.15) is 42.4 Å². The number of carbonyl (C=O) groups is 2. The Morgan fingerprint density at radius 2 is 1.91 bits per heavy atom. The number of nitrogens with one attached hydrogen (secondary N) is 1. The van der Waals surface area contributed by atoms with Crippen LogP contribution >= 0.6 is 0 Å². The zero-order valence-electron chi connectivity index (χ0n) is 13.4. The number of carboxylic acids is 1. The topological polar surface area (TPSA) is 75.6 Å². The predicted molar refractivity (Wildman–Crippen MR) is 83.1 cm³/mol. The van der Waals surface area contributed by atoms with Gasteiger partial charge in [0, 0.05) is 5.56 Å². The van der Waals surface area contributed by atoms with Crippen LogP contribution in [0.15, 0.2) is 12.1 Å². The van der Waals surface area contributed by atoms with Gasteiger partial charge in [-0.25, -0.2) is 4.79 Å². The first-order valence-electron chi connectivity index (χ1n) is 7.56. The molecule has 0 atom stereocenters. The van der Waals surface area contributed by atoms with Crippen molar-refractivity contribution in [2.75, 3.05) is 7.11 Å². The third-order valence-corrected chi connectivity index (χ3v) is 4.38. The van der Waals surface area contributed by atoms with Gasteiger partial charge >= 0.3 is 5.97 Å². The third kappa shape index (κ3) is 3.24. The molecular formula is C17H23NO4. The first-order chi connectivity index (χ1) is 10.4. The zero-order chi connectivity index (χ0) is 16.3. The molecule has 0 radical (unpaired) electrons. The molecule has 2 rings (SSSR count). The molecule has 0 bridgehead atoms. The average molecular weight is 305 g/mol. The van der Waals surface area contributed by atoms with E-state index in [4.69, 9.17) is 4.74 Å². The van der Waals surface area contributed by atoms with Gasteiger partial charge in [0.25, 0.3) is 0 Å². The molecule has 120 valence electrons. The number of amides is 1. The van der Waals surface area contributed by atoms with Crippen molar-refractivity contribution in [2.24, 2.45) is 0 Å². The Bertz CT molecular complexity index is 589. The Labute approximate surface area is 130 Å². The van der Waals surface area contributed by atoms with Crippen molar-refractivity contribution in [2.45, 2.75) is 51.5 Å². The SMILES string of the molecule is COc1cc(C)cc(C)c1CC(=O)NC1(C(=O)O)CCCC1. The van der Waals surface area contributed by atoms with E-state index in [0.717, 1.165) is 29.5 Å². The van der Waals surface area contributed by atoms with Crippen molar-refractivity contribution in [1.29, 1.82) is 0 Å². The van der Waals surface area contributed by atoms with Gasteiger partial charge in [-0.1, -0.05) is 18.9 Å². The predicted octanol–water partition coefficient (Wildman–Crippen LogP) is 2.37. The second-order valence-corrected chi connectivity index (χ2v) is 6.08. The minimum atomic E-state index is -1.09. The van der Waals surface area contributed by atoms with Gasteiger partial charge < -0.3 is 15.2 Å². The van der Waals surface area contributed by atoms with Gasteiger partial charge in [0.15, 0.2) is 0 Å². The summed E-state index contributed by atoms with van der Waals surface area (Å²) in [6.07, 6.45) is 2.79. The van der Waals surface area contributed by atoms with E-state index >= 15 is 0 Å². The van der Waals surface area contributed by atoms with E-state index in [9.17, 15) is 14.7 Å². The van der Waals surface area contributed by atoms with Crippen LogP contribution in [-0.2, 0) is 16.0 Å². The molecule has 1 aromatic carbocycles. The molecule has 2 N–H and O–H groups in total. The Kier molecular flexibility index (Phi) is 4.74.